The van der Waals surface area contributed by atoms with Crippen LogP contribution in [0.3, 0.4) is 0 Å². The van der Waals surface area contributed by atoms with Crippen molar-refractivity contribution in [1.82, 2.24) is 0 Å². The number of hydrogen-bond acceptors (Lipinski definition) is 12. The second-order valence-electron chi connectivity index (χ2n) is 25.7. The number of aryl methyl sites for hydroxylation is 9. The maximum atomic E-state index is 13.3. The predicted octanol–water partition coefficient (Wildman–Crippen LogP) is 25.1. The second kappa shape index (κ2) is 35.9. The minimum atomic E-state index is -4.75. The van der Waals surface area contributed by atoms with Crippen LogP contribution in [0.2, 0.25) is 0 Å². The van der Waals surface area contributed by atoms with Gasteiger partial charge >= 0.3 is 30.9 Å². The highest BCUT2D eigenvalue weighted by molar-refractivity contribution is 5.89. The maximum absolute atomic E-state index is 13.3. The van der Waals surface area contributed by atoms with E-state index < -0.39 is 47.6 Å². The summed E-state index contributed by atoms with van der Waals surface area (Å²) in [5.41, 5.74) is 37.5. The molecule has 12 aromatic carbocycles. The predicted molar refractivity (Wildman–Crippen MR) is 409 cm³/mol. The topological polar surface area (TPSA) is 223 Å². The molecule has 0 aromatic heterocycles. The molecule has 0 saturated heterocycles. The Balaban J connectivity index is 0.000000181. The zero-order valence-corrected chi connectivity index (χ0v) is 61.2. The molecule has 13 nitrogen and oxygen atoms in total. The molecule has 0 unspecified atom stereocenters. The summed E-state index contributed by atoms with van der Waals surface area (Å²) >= 11 is 0. The van der Waals surface area contributed by atoms with Gasteiger partial charge in [0.05, 0.1) is 5.56 Å². The number of benzene rings is 12. The monoisotopic (exact) mass is 1540 g/mol. The van der Waals surface area contributed by atoms with Crippen molar-refractivity contribution >= 4 is 34.4 Å². The number of carbonyl (C=O) groups is 1. The first-order valence-electron chi connectivity index (χ1n) is 33.7. The van der Waals surface area contributed by atoms with Crippen molar-refractivity contribution in [2.75, 3.05) is 28.7 Å². The number of anilines is 5. The van der Waals surface area contributed by atoms with Gasteiger partial charge in [0.25, 0.3) is 0 Å². The molecule has 0 atom stereocenters. The first-order valence-corrected chi connectivity index (χ1v) is 33.7. The molecule has 0 spiro atoms. The molecule has 0 aliphatic heterocycles. The fourth-order valence-corrected chi connectivity index (χ4v) is 11.0. The fraction of sp³-hybridized carbons (Fsp3) is 0.151. The number of halogens is 12. The van der Waals surface area contributed by atoms with Gasteiger partial charge in [0, 0.05) is 40.1 Å². The lowest BCUT2D eigenvalue weighted by Gasteiger charge is -2.15. The smallest absolute Gasteiger partial charge is 0.478 e. The largest absolute Gasteiger partial charge is 0.573 e. The van der Waals surface area contributed by atoms with Gasteiger partial charge in [0.15, 0.2) is 0 Å². The number of hydrogen-bond donors (Lipinski definition) is 6. The number of ether oxygens (including phenoxy) is 6. The van der Waals surface area contributed by atoms with E-state index in [0.29, 0.717) is 45.6 Å². The molecule has 0 heterocycles. The molecule has 0 bridgehead atoms. The lowest BCUT2D eigenvalue weighted by molar-refractivity contribution is -0.274. The molecule has 11 N–H and O–H groups in total. The molecule has 0 aliphatic rings. The first kappa shape index (κ1) is 83.7. The molecular formula is C86H77F12N5O8. The number of nitrogens with two attached hydrogens (primary N) is 5. The second-order valence-corrected chi connectivity index (χ2v) is 25.7. The van der Waals surface area contributed by atoms with Crippen LogP contribution in [-0.2, 0) is 18.5 Å². The van der Waals surface area contributed by atoms with Gasteiger partial charge in [-0.1, -0.05) is 101 Å². The Morgan fingerprint density at radius 2 is 0.577 bits per heavy atom. The van der Waals surface area contributed by atoms with E-state index in [2.05, 4.69) is 10.8 Å². The van der Waals surface area contributed by atoms with Crippen molar-refractivity contribution in [2.45, 2.75) is 87.2 Å². The minimum Gasteiger partial charge on any atom is -0.478 e. The zero-order chi connectivity index (χ0) is 81.4. The molecule has 111 heavy (non-hydrogen) atoms. The molecule has 578 valence electrons. The Labute approximate surface area is 633 Å². The lowest BCUT2D eigenvalue weighted by Crippen LogP contribution is -2.17. The van der Waals surface area contributed by atoms with Crippen molar-refractivity contribution in [3.8, 4) is 85.5 Å². The van der Waals surface area contributed by atoms with E-state index in [9.17, 15) is 57.5 Å². The third-order valence-corrected chi connectivity index (χ3v) is 16.2. The van der Waals surface area contributed by atoms with E-state index in [-0.39, 0.29) is 57.1 Å². The van der Waals surface area contributed by atoms with E-state index in [1.54, 1.807) is 91.9 Å². The average molecular weight is 1540 g/mol. The number of nitrogen functional groups attached to an aromatic ring is 5. The van der Waals surface area contributed by atoms with Crippen molar-refractivity contribution in [3.05, 3.63) is 309 Å². The van der Waals surface area contributed by atoms with Crippen LogP contribution in [-0.4, -0.2) is 17.4 Å². The van der Waals surface area contributed by atoms with E-state index in [1.807, 2.05) is 128 Å². The number of alkyl halides is 12. The van der Waals surface area contributed by atoms with Crippen LogP contribution in [0.15, 0.2) is 237 Å². The number of carboxylic acids is 1. The van der Waals surface area contributed by atoms with Crippen molar-refractivity contribution in [1.29, 1.82) is 0 Å². The Morgan fingerprint density at radius 3 is 0.910 bits per heavy atom. The van der Waals surface area contributed by atoms with Crippen LogP contribution < -0.4 is 57.1 Å². The van der Waals surface area contributed by atoms with Gasteiger partial charge in [-0.25, -0.2) is 4.79 Å². The van der Waals surface area contributed by atoms with Crippen LogP contribution in [0.1, 0.15) is 77.1 Å². The standard InChI is InChI=1S/C27H22F3NO2.C21H18F3NO2.2C15H14F3NO.C8H9NO2/c1-17-3-13-25(18(2)15-17)32-22-9-4-19(5-10-22)20-6-11-23(12-7-20)33-26-14-8-21(31)16-24(26)27(28,29)30;1-13-3-9-19(14(2)11-13)26-16-5-7-17(8-6-16)27-20-10-4-15(25)12-18(20)21(22,23)24;1-9-3-5-13(10(2)7-9)20-14-6-4-11(19)8-12(14)15(16,17)18;1-9-3-5-12(10(2)7-9)13-6-4-11(19)8-14(13)20-15(16,17)18;1-5-2-6(8(10)11)4-7(9)3-5/h3-16H,31H2,1-2H3;3-12H,25H2,1-2H3;2*3-8H,19H2,1-2H3;2-4H,9H2,1H3,(H,10,11). The number of rotatable bonds is 14. The molecule has 25 heteroatoms. The van der Waals surface area contributed by atoms with Crippen LogP contribution in [0.25, 0.3) is 22.3 Å². The molecule has 0 radical (unpaired) electrons. The van der Waals surface area contributed by atoms with Gasteiger partial charge in [-0.15, -0.1) is 13.2 Å². The van der Waals surface area contributed by atoms with Crippen LogP contribution in [0.4, 0.5) is 81.1 Å². The third kappa shape index (κ3) is 24.8. The van der Waals surface area contributed by atoms with Gasteiger partial charge in [-0.3, -0.25) is 0 Å². The van der Waals surface area contributed by atoms with E-state index in [0.717, 1.165) is 79.6 Å². The summed E-state index contributed by atoms with van der Waals surface area (Å²) in [7, 11) is 0. The third-order valence-electron chi connectivity index (χ3n) is 16.2. The van der Waals surface area contributed by atoms with E-state index in [1.165, 1.54) is 60.2 Å². The molecule has 0 amide bonds. The van der Waals surface area contributed by atoms with Gasteiger partial charge in [-0.05, 0) is 258 Å². The Bertz CT molecular complexity index is 5200. The fourth-order valence-electron chi connectivity index (χ4n) is 11.0. The highest BCUT2D eigenvalue weighted by atomic mass is 19.4. The Morgan fingerprint density at radius 1 is 0.279 bits per heavy atom. The summed E-state index contributed by atoms with van der Waals surface area (Å²) in [6.07, 6.45) is -18.4. The van der Waals surface area contributed by atoms with Crippen LogP contribution >= 0.6 is 0 Å². The van der Waals surface area contributed by atoms with Crippen LogP contribution in [0, 0.1) is 62.3 Å². The maximum Gasteiger partial charge on any atom is 0.573 e. The van der Waals surface area contributed by atoms with Crippen molar-refractivity contribution < 1.29 is 91.0 Å². The summed E-state index contributed by atoms with van der Waals surface area (Å²) in [5.74, 6) is 1.66. The van der Waals surface area contributed by atoms with Gasteiger partial charge in [0.1, 0.15) is 79.9 Å². The molecule has 12 rings (SSSR count). The van der Waals surface area contributed by atoms with Gasteiger partial charge < -0.3 is 62.2 Å². The van der Waals surface area contributed by atoms with Crippen molar-refractivity contribution in [3.63, 3.8) is 0 Å². The lowest BCUT2D eigenvalue weighted by atomic mass is 9.98. The molecule has 12 aromatic rings. The van der Waals surface area contributed by atoms with Gasteiger partial charge in [-0.2, -0.15) is 39.5 Å². The summed E-state index contributed by atoms with van der Waals surface area (Å²) in [5, 5.41) is 8.58. The average Bonchev–Trinajstić information content (AvgIpc) is 0.819. The minimum absolute atomic E-state index is 0.0203. The number of aromatic carboxylic acids is 1. The normalized spacial score (nSPS) is 11.2. The first-order chi connectivity index (χ1) is 52.0. The summed E-state index contributed by atoms with van der Waals surface area (Å²) in [4.78, 5) is 10.4. The summed E-state index contributed by atoms with van der Waals surface area (Å²) in [6, 6.07) is 62.9. The Kier molecular flexibility index (Phi) is 27.0. The van der Waals surface area contributed by atoms with E-state index in [4.69, 9.17) is 57.5 Å². The molecule has 0 fully saturated rings. The van der Waals surface area contributed by atoms with E-state index >= 15 is 0 Å². The van der Waals surface area contributed by atoms with Crippen LogP contribution in [0.5, 0.6) is 63.2 Å². The quantitative estimate of drug-likeness (QED) is 0.0441. The zero-order valence-electron chi connectivity index (χ0n) is 61.2. The molecular weight excluding hydrogens is 1460 g/mol. The van der Waals surface area contributed by atoms with Crippen molar-refractivity contribution in [2.24, 2.45) is 0 Å². The van der Waals surface area contributed by atoms with Gasteiger partial charge in [0.2, 0.25) is 0 Å². The SMILES string of the molecule is Cc1cc(N)cc(C(=O)O)c1.Cc1ccc(-c2ccc(N)cc2OC(F)(F)F)c(C)c1.Cc1ccc(Oc2ccc(-c3ccc(Oc4ccc(N)cc4C(F)(F)F)cc3)cc2)c(C)c1.Cc1ccc(Oc2ccc(N)cc2C(F)(F)F)c(C)c1.Cc1ccc(Oc2ccc(Oc3ccc(N)cc3C(F)(F)F)cc2)c(C)c1. The number of carboxylic acid groups (broad SMARTS) is 1. The highest BCUT2D eigenvalue weighted by Crippen LogP contribution is 2.44. The highest BCUT2D eigenvalue weighted by Gasteiger charge is 2.38. The summed E-state index contributed by atoms with van der Waals surface area (Å²) < 4.78 is 188. The molecule has 0 saturated carbocycles. The molecule has 0 aliphatic carbocycles. The Hall–Kier alpha value is -12.9. The summed E-state index contributed by atoms with van der Waals surface area (Å²) in [6.45, 7) is 17.2.